The fourth-order valence-electron chi connectivity index (χ4n) is 1.75. The Hall–Kier alpha value is -0.610. The van der Waals surface area contributed by atoms with Gasteiger partial charge in [0.1, 0.15) is 5.41 Å². The van der Waals surface area contributed by atoms with Crippen LogP contribution < -0.4 is 0 Å². The number of likely N-dealkylation sites (tertiary alicyclic amines) is 1. The van der Waals surface area contributed by atoms with E-state index in [-0.39, 0.29) is 6.10 Å². The summed E-state index contributed by atoms with van der Waals surface area (Å²) in [5.41, 5.74) is -0.747. The molecule has 0 aliphatic carbocycles. The number of methoxy groups -OCH3 is 1. The van der Waals surface area contributed by atoms with Gasteiger partial charge in [-0.1, -0.05) is 0 Å². The summed E-state index contributed by atoms with van der Waals surface area (Å²) < 4.78 is 5.14. The monoisotopic (exact) mass is 173 g/mol. The third-order valence-electron chi connectivity index (χ3n) is 2.56. The van der Waals surface area contributed by atoms with Crippen molar-refractivity contribution in [1.29, 1.82) is 0 Å². The smallest absolute Gasteiger partial charge is 0.313 e. The first-order valence-electron chi connectivity index (χ1n) is 3.95. The molecule has 1 rings (SSSR count). The van der Waals surface area contributed by atoms with Crippen LogP contribution in [0.2, 0.25) is 0 Å². The summed E-state index contributed by atoms with van der Waals surface area (Å²) in [5, 5.41) is 8.99. The van der Waals surface area contributed by atoms with Crippen LogP contribution in [0.3, 0.4) is 0 Å². The minimum atomic E-state index is -0.779. The van der Waals surface area contributed by atoms with Gasteiger partial charge in [0.15, 0.2) is 0 Å². The third-order valence-corrected chi connectivity index (χ3v) is 2.56. The molecule has 1 aliphatic heterocycles. The highest BCUT2D eigenvalue weighted by atomic mass is 16.5. The molecule has 1 saturated heterocycles. The lowest BCUT2D eigenvalue weighted by Crippen LogP contribution is -2.40. The molecule has 1 aliphatic rings. The van der Waals surface area contributed by atoms with E-state index in [1.54, 1.807) is 14.0 Å². The zero-order valence-corrected chi connectivity index (χ0v) is 7.70. The maximum absolute atomic E-state index is 10.9. The molecule has 70 valence electrons. The molecule has 0 aromatic carbocycles. The standard InChI is InChI=1S/C8H15NO3/c1-8(7(10)11)5-9(2)4-6(8)12-3/h6H,4-5H2,1-3H3,(H,10,11). The van der Waals surface area contributed by atoms with Gasteiger partial charge in [-0.15, -0.1) is 0 Å². The second-order valence-corrected chi connectivity index (χ2v) is 3.64. The van der Waals surface area contributed by atoms with Crippen LogP contribution in [0, 0.1) is 5.41 Å². The van der Waals surface area contributed by atoms with E-state index < -0.39 is 11.4 Å². The largest absolute Gasteiger partial charge is 0.481 e. The lowest BCUT2D eigenvalue weighted by atomic mass is 9.87. The summed E-state index contributed by atoms with van der Waals surface area (Å²) in [6.45, 7) is 2.98. The van der Waals surface area contributed by atoms with Gasteiger partial charge in [-0.05, 0) is 14.0 Å². The highest BCUT2D eigenvalue weighted by molar-refractivity contribution is 5.75. The molecule has 1 N–H and O–H groups in total. The summed E-state index contributed by atoms with van der Waals surface area (Å²) in [6, 6.07) is 0. The number of likely N-dealkylation sites (N-methyl/N-ethyl adjacent to an activating group) is 1. The molecular formula is C8H15NO3. The molecule has 2 unspecified atom stereocenters. The molecule has 0 amide bonds. The van der Waals surface area contributed by atoms with Crippen molar-refractivity contribution in [2.45, 2.75) is 13.0 Å². The summed E-state index contributed by atoms with van der Waals surface area (Å²) in [4.78, 5) is 12.9. The van der Waals surface area contributed by atoms with Crippen molar-refractivity contribution >= 4 is 5.97 Å². The van der Waals surface area contributed by atoms with Crippen LogP contribution in [0.5, 0.6) is 0 Å². The SMILES string of the molecule is COC1CN(C)CC1(C)C(=O)O. The number of aliphatic carboxylic acids is 1. The van der Waals surface area contributed by atoms with Gasteiger partial charge in [-0.25, -0.2) is 0 Å². The summed E-state index contributed by atoms with van der Waals surface area (Å²) in [7, 11) is 3.46. The first-order valence-corrected chi connectivity index (χ1v) is 3.95. The van der Waals surface area contributed by atoms with Crippen molar-refractivity contribution in [3.05, 3.63) is 0 Å². The van der Waals surface area contributed by atoms with Crippen LogP contribution in [0.25, 0.3) is 0 Å². The quantitative estimate of drug-likeness (QED) is 0.640. The zero-order chi connectivity index (χ0) is 9.35. The van der Waals surface area contributed by atoms with E-state index in [1.165, 1.54) is 0 Å². The fourth-order valence-corrected chi connectivity index (χ4v) is 1.75. The van der Waals surface area contributed by atoms with Crippen LogP contribution in [0.1, 0.15) is 6.92 Å². The summed E-state index contributed by atoms with van der Waals surface area (Å²) in [5.74, 6) is -0.779. The Labute approximate surface area is 72.1 Å². The second-order valence-electron chi connectivity index (χ2n) is 3.64. The van der Waals surface area contributed by atoms with Crippen LogP contribution in [0.4, 0.5) is 0 Å². The lowest BCUT2D eigenvalue weighted by Gasteiger charge is -2.23. The normalized spacial score (nSPS) is 37.1. The number of carboxylic acid groups (broad SMARTS) is 1. The predicted octanol–water partition coefficient (Wildman–Crippen LogP) is 0.0377. The Bertz CT molecular complexity index is 195. The zero-order valence-electron chi connectivity index (χ0n) is 7.70. The van der Waals surface area contributed by atoms with Gasteiger partial charge in [-0.3, -0.25) is 4.79 Å². The van der Waals surface area contributed by atoms with E-state index in [9.17, 15) is 4.79 Å². The minimum Gasteiger partial charge on any atom is -0.481 e. The topological polar surface area (TPSA) is 49.8 Å². The molecule has 4 nitrogen and oxygen atoms in total. The molecule has 0 saturated carbocycles. The van der Waals surface area contributed by atoms with Crippen LogP contribution in [-0.2, 0) is 9.53 Å². The number of hydrogen-bond donors (Lipinski definition) is 1. The molecule has 0 spiro atoms. The number of hydrogen-bond acceptors (Lipinski definition) is 3. The molecule has 12 heavy (non-hydrogen) atoms. The van der Waals surface area contributed by atoms with Crippen molar-refractivity contribution < 1.29 is 14.6 Å². The van der Waals surface area contributed by atoms with Gasteiger partial charge < -0.3 is 14.7 Å². The summed E-state index contributed by atoms with van der Waals surface area (Å²) in [6.07, 6.45) is -0.194. The van der Waals surface area contributed by atoms with Crippen LogP contribution in [0.15, 0.2) is 0 Å². The van der Waals surface area contributed by atoms with Crippen LogP contribution >= 0.6 is 0 Å². The molecular weight excluding hydrogens is 158 g/mol. The van der Waals surface area contributed by atoms with Crippen molar-refractivity contribution in [3.8, 4) is 0 Å². The Morgan fingerprint density at radius 2 is 2.33 bits per heavy atom. The second kappa shape index (κ2) is 3.03. The number of ether oxygens (including phenoxy) is 1. The molecule has 1 heterocycles. The molecule has 4 heteroatoms. The molecule has 0 radical (unpaired) electrons. The van der Waals surface area contributed by atoms with Gasteiger partial charge in [-0.2, -0.15) is 0 Å². The van der Waals surface area contributed by atoms with Crippen molar-refractivity contribution in [2.75, 3.05) is 27.2 Å². The number of rotatable bonds is 2. The first kappa shape index (κ1) is 9.48. The Balaban J connectivity index is 2.81. The molecule has 2 atom stereocenters. The summed E-state index contributed by atoms with van der Waals surface area (Å²) >= 11 is 0. The van der Waals surface area contributed by atoms with E-state index in [4.69, 9.17) is 9.84 Å². The van der Waals surface area contributed by atoms with E-state index in [1.807, 2.05) is 11.9 Å². The van der Waals surface area contributed by atoms with Gasteiger partial charge in [0, 0.05) is 20.2 Å². The highest BCUT2D eigenvalue weighted by Gasteiger charge is 2.48. The Kier molecular flexibility index (Phi) is 2.39. The molecule has 0 aromatic heterocycles. The Morgan fingerprint density at radius 1 is 1.75 bits per heavy atom. The lowest BCUT2D eigenvalue weighted by molar-refractivity contribution is -0.152. The van der Waals surface area contributed by atoms with Crippen molar-refractivity contribution in [3.63, 3.8) is 0 Å². The van der Waals surface area contributed by atoms with Gasteiger partial charge in [0.05, 0.1) is 6.10 Å². The number of nitrogens with zero attached hydrogens (tertiary/aromatic N) is 1. The van der Waals surface area contributed by atoms with E-state index in [2.05, 4.69) is 0 Å². The van der Waals surface area contributed by atoms with Crippen molar-refractivity contribution in [2.24, 2.45) is 5.41 Å². The first-order chi connectivity index (χ1) is 5.50. The van der Waals surface area contributed by atoms with Gasteiger partial charge >= 0.3 is 5.97 Å². The predicted molar refractivity (Wildman–Crippen MR) is 44.0 cm³/mol. The average molecular weight is 173 g/mol. The van der Waals surface area contributed by atoms with Gasteiger partial charge in [0.25, 0.3) is 0 Å². The molecule has 1 fully saturated rings. The van der Waals surface area contributed by atoms with Gasteiger partial charge in [0.2, 0.25) is 0 Å². The average Bonchev–Trinajstić information content (AvgIpc) is 2.27. The van der Waals surface area contributed by atoms with Crippen molar-refractivity contribution in [1.82, 2.24) is 4.90 Å². The maximum Gasteiger partial charge on any atom is 0.313 e. The van der Waals surface area contributed by atoms with E-state index >= 15 is 0 Å². The minimum absolute atomic E-state index is 0.194. The van der Waals surface area contributed by atoms with Crippen LogP contribution in [-0.4, -0.2) is 49.3 Å². The third kappa shape index (κ3) is 1.32. The van der Waals surface area contributed by atoms with E-state index in [0.717, 1.165) is 0 Å². The number of carboxylic acids is 1. The highest BCUT2D eigenvalue weighted by Crippen LogP contribution is 2.31. The molecule has 0 aromatic rings. The Morgan fingerprint density at radius 3 is 2.67 bits per heavy atom. The number of carbonyl (C=O) groups is 1. The maximum atomic E-state index is 10.9. The molecule has 0 bridgehead atoms. The van der Waals surface area contributed by atoms with E-state index in [0.29, 0.717) is 13.1 Å². The fraction of sp³-hybridized carbons (Fsp3) is 0.875.